The Morgan fingerprint density at radius 1 is 1.40 bits per heavy atom. The molecule has 1 amide bonds. The molecular weight excluding hydrogens is 312 g/mol. The van der Waals surface area contributed by atoms with Crippen LogP contribution in [0, 0.1) is 25.2 Å². The average molecular weight is 334 g/mol. The molecule has 25 heavy (non-hydrogen) atoms. The van der Waals surface area contributed by atoms with E-state index in [1.165, 1.54) is 0 Å². The molecule has 1 N–H and O–H groups in total. The van der Waals surface area contributed by atoms with Crippen LogP contribution in [0.5, 0.6) is 0 Å². The van der Waals surface area contributed by atoms with Crippen molar-refractivity contribution < 1.29 is 4.79 Å². The van der Waals surface area contributed by atoms with E-state index in [0.29, 0.717) is 0 Å². The molecule has 2 aromatic heterocycles. The monoisotopic (exact) mass is 334 g/mol. The van der Waals surface area contributed by atoms with Gasteiger partial charge in [-0.1, -0.05) is 12.8 Å². The molecule has 1 aliphatic rings. The molecule has 0 aliphatic heterocycles. The fourth-order valence-electron chi connectivity index (χ4n) is 3.45. The first-order chi connectivity index (χ1) is 12.1. The van der Waals surface area contributed by atoms with Crippen molar-refractivity contribution in [2.45, 2.75) is 45.6 Å². The SMILES string of the molecule is Cc1cc(/C=C(/C#N)C(=O)NC2CCCC2)c(C)n1-c1cccnc1. The minimum atomic E-state index is -0.277. The van der Waals surface area contributed by atoms with Gasteiger partial charge < -0.3 is 9.88 Å². The third kappa shape index (κ3) is 3.63. The molecule has 1 aliphatic carbocycles. The Labute approximate surface area is 148 Å². The Bertz CT molecular complexity index is 837. The first-order valence-electron chi connectivity index (χ1n) is 8.62. The summed E-state index contributed by atoms with van der Waals surface area (Å²) in [6, 6.07) is 8.11. The third-order valence-electron chi connectivity index (χ3n) is 4.73. The fourth-order valence-corrected chi connectivity index (χ4v) is 3.45. The van der Waals surface area contributed by atoms with Gasteiger partial charge in [0.05, 0.1) is 11.9 Å². The number of aromatic nitrogens is 2. The van der Waals surface area contributed by atoms with Crippen LogP contribution in [0.25, 0.3) is 11.8 Å². The molecule has 0 bridgehead atoms. The predicted octanol–water partition coefficient (Wildman–Crippen LogP) is 3.45. The summed E-state index contributed by atoms with van der Waals surface area (Å²) in [4.78, 5) is 16.6. The van der Waals surface area contributed by atoms with Crippen molar-refractivity contribution in [3.05, 3.63) is 53.1 Å². The van der Waals surface area contributed by atoms with E-state index in [9.17, 15) is 10.1 Å². The van der Waals surface area contributed by atoms with E-state index in [4.69, 9.17) is 0 Å². The summed E-state index contributed by atoms with van der Waals surface area (Å²) in [7, 11) is 0. The second kappa shape index (κ2) is 7.35. The van der Waals surface area contributed by atoms with Crippen LogP contribution in [-0.2, 0) is 4.79 Å². The molecule has 5 heteroatoms. The first kappa shape index (κ1) is 17.0. The summed E-state index contributed by atoms with van der Waals surface area (Å²) in [5, 5.41) is 12.4. The van der Waals surface area contributed by atoms with E-state index in [2.05, 4.69) is 14.9 Å². The number of nitriles is 1. The standard InChI is InChI=1S/C20H22N4O/c1-14-10-16(15(2)24(14)19-8-5-9-22-13-19)11-17(12-21)20(25)23-18-6-3-4-7-18/h5,8-11,13,18H,3-4,6-7H2,1-2H3,(H,23,25)/b17-11-. The highest BCUT2D eigenvalue weighted by Crippen LogP contribution is 2.23. The molecule has 2 heterocycles. The van der Waals surface area contributed by atoms with Crippen molar-refractivity contribution in [1.82, 2.24) is 14.9 Å². The maximum atomic E-state index is 12.4. The normalized spacial score (nSPS) is 15.2. The molecule has 128 valence electrons. The van der Waals surface area contributed by atoms with Gasteiger partial charge >= 0.3 is 0 Å². The number of rotatable bonds is 4. The summed E-state index contributed by atoms with van der Waals surface area (Å²) in [6.45, 7) is 3.98. The summed E-state index contributed by atoms with van der Waals surface area (Å²) in [5.41, 5.74) is 4.00. The van der Waals surface area contributed by atoms with Gasteiger partial charge in [-0.2, -0.15) is 5.26 Å². The molecule has 0 spiro atoms. The third-order valence-corrected chi connectivity index (χ3v) is 4.73. The van der Waals surface area contributed by atoms with E-state index in [0.717, 1.165) is 48.3 Å². The van der Waals surface area contributed by atoms with Gasteiger partial charge in [0.1, 0.15) is 11.6 Å². The van der Waals surface area contributed by atoms with Crippen LogP contribution in [0.2, 0.25) is 0 Å². The largest absolute Gasteiger partial charge is 0.349 e. The Kier molecular flexibility index (Phi) is 4.99. The first-order valence-corrected chi connectivity index (χ1v) is 8.62. The van der Waals surface area contributed by atoms with Crippen molar-refractivity contribution in [1.29, 1.82) is 5.26 Å². The molecule has 3 rings (SSSR count). The van der Waals surface area contributed by atoms with Crippen LogP contribution >= 0.6 is 0 Å². The molecule has 1 saturated carbocycles. The molecule has 0 unspecified atom stereocenters. The number of pyridine rings is 1. The second-order valence-corrected chi connectivity index (χ2v) is 6.50. The van der Waals surface area contributed by atoms with Crippen LogP contribution < -0.4 is 5.32 Å². The fraction of sp³-hybridized carbons (Fsp3) is 0.350. The zero-order chi connectivity index (χ0) is 17.8. The number of carbonyl (C=O) groups excluding carboxylic acids is 1. The van der Waals surface area contributed by atoms with E-state index in [-0.39, 0.29) is 17.5 Å². The second-order valence-electron chi connectivity index (χ2n) is 6.50. The lowest BCUT2D eigenvalue weighted by atomic mass is 10.1. The zero-order valence-corrected chi connectivity index (χ0v) is 14.6. The maximum absolute atomic E-state index is 12.4. The van der Waals surface area contributed by atoms with Gasteiger partial charge in [-0.25, -0.2) is 0 Å². The van der Waals surface area contributed by atoms with E-state index < -0.39 is 0 Å². The van der Waals surface area contributed by atoms with Gasteiger partial charge in [-0.05, 0) is 56.5 Å². The van der Waals surface area contributed by atoms with Crippen LogP contribution in [0.3, 0.4) is 0 Å². The number of nitrogens with zero attached hydrogens (tertiary/aromatic N) is 3. The van der Waals surface area contributed by atoms with Crippen LogP contribution in [0.4, 0.5) is 0 Å². The van der Waals surface area contributed by atoms with Crippen LogP contribution in [-0.4, -0.2) is 21.5 Å². The molecule has 0 radical (unpaired) electrons. The van der Waals surface area contributed by atoms with Crippen molar-refractivity contribution in [3.63, 3.8) is 0 Å². The minimum Gasteiger partial charge on any atom is -0.349 e. The van der Waals surface area contributed by atoms with Gasteiger partial charge in [0.15, 0.2) is 0 Å². The van der Waals surface area contributed by atoms with E-state index >= 15 is 0 Å². The molecule has 2 aromatic rings. The minimum absolute atomic E-state index is 0.151. The van der Waals surface area contributed by atoms with Gasteiger partial charge in [0.2, 0.25) is 0 Å². The highest BCUT2D eigenvalue weighted by Gasteiger charge is 2.20. The number of nitrogens with one attached hydrogen (secondary N) is 1. The Hall–Kier alpha value is -2.87. The van der Waals surface area contributed by atoms with Crippen molar-refractivity contribution in [3.8, 4) is 11.8 Å². The summed E-state index contributed by atoms with van der Waals surface area (Å²) in [5.74, 6) is -0.277. The summed E-state index contributed by atoms with van der Waals surface area (Å²) < 4.78 is 2.07. The molecule has 5 nitrogen and oxygen atoms in total. The lowest BCUT2D eigenvalue weighted by Crippen LogP contribution is -2.33. The number of carbonyl (C=O) groups is 1. The maximum Gasteiger partial charge on any atom is 0.262 e. The quantitative estimate of drug-likeness (QED) is 0.687. The van der Waals surface area contributed by atoms with E-state index in [1.54, 1.807) is 18.5 Å². The average Bonchev–Trinajstić information content (AvgIpc) is 3.21. The number of hydrogen-bond acceptors (Lipinski definition) is 3. The van der Waals surface area contributed by atoms with Crippen molar-refractivity contribution in [2.24, 2.45) is 0 Å². The molecule has 1 fully saturated rings. The van der Waals surface area contributed by atoms with Crippen molar-refractivity contribution >= 4 is 12.0 Å². The lowest BCUT2D eigenvalue weighted by Gasteiger charge is -2.11. The topological polar surface area (TPSA) is 70.7 Å². The molecule has 0 atom stereocenters. The highest BCUT2D eigenvalue weighted by atomic mass is 16.1. The molecule has 0 aromatic carbocycles. The Morgan fingerprint density at radius 2 is 2.16 bits per heavy atom. The zero-order valence-electron chi connectivity index (χ0n) is 14.6. The van der Waals surface area contributed by atoms with Crippen LogP contribution in [0.1, 0.15) is 42.6 Å². The van der Waals surface area contributed by atoms with Crippen molar-refractivity contribution in [2.75, 3.05) is 0 Å². The smallest absolute Gasteiger partial charge is 0.262 e. The van der Waals surface area contributed by atoms with Gasteiger partial charge in [-0.3, -0.25) is 9.78 Å². The van der Waals surface area contributed by atoms with Gasteiger partial charge in [0.25, 0.3) is 5.91 Å². The highest BCUT2D eigenvalue weighted by molar-refractivity contribution is 6.02. The number of hydrogen-bond donors (Lipinski definition) is 1. The van der Waals surface area contributed by atoms with Gasteiger partial charge in [0, 0.05) is 23.6 Å². The predicted molar refractivity (Wildman–Crippen MR) is 97.0 cm³/mol. The Balaban J connectivity index is 1.89. The van der Waals surface area contributed by atoms with Gasteiger partial charge in [-0.15, -0.1) is 0 Å². The number of aryl methyl sites for hydroxylation is 1. The molecule has 0 saturated heterocycles. The van der Waals surface area contributed by atoms with Crippen LogP contribution in [0.15, 0.2) is 36.2 Å². The Morgan fingerprint density at radius 3 is 2.80 bits per heavy atom. The lowest BCUT2D eigenvalue weighted by molar-refractivity contribution is -0.117. The molecular formula is C20H22N4O. The summed E-state index contributed by atoms with van der Waals surface area (Å²) >= 11 is 0. The number of amides is 1. The summed E-state index contributed by atoms with van der Waals surface area (Å²) in [6.07, 6.45) is 9.50. The van der Waals surface area contributed by atoms with E-state index in [1.807, 2.05) is 38.1 Å².